The van der Waals surface area contributed by atoms with Crippen LogP contribution in [0.5, 0.6) is 35.3 Å². The van der Waals surface area contributed by atoms with Crippen LogP contribution in [0, 0.1) is 13.8 Å². The second kappa shape index (κ2) is 17.5. The summed E-state index contributed by atoms with van der Waals surface area (Å²) in [6, 6.07) is 18.5. The molecule has 0 fully saturated rings. The van der Waals surface area contributed by atoms with Crippen LogP contribution in [0.3, 0.4) is 0 Å². The van der Waals surface area contributed by atoms with Gasteiger partial charge in [-0.3, -0.25) is 0 Å². The topological polar surface area (TPSA) is 179 Å². The van der Waals surface area contributed by atoms with Gasteiger partial charge in [0.1, 0.15) is 23.3 Å². The highest BCUT2D eigenvalue weighted by atomic mass is 35.5. The number of pyridine rings is 2. The monoisotopic (exact) mass is 776 g/mol. The molecule has 0 aliphatic carbocycles. The quantitative estimate of drug-likeness (QED) is 0.0730. The minimum absolute atomic E-state index is 0.177. The van der Waals surface area contributed by atoms with Crippen molar-refractivity contribution in [2.45, 2.75) is 53.2 Å². The Kier molecular flexibility index (Phi) is 12.4. The molecule has 2 aromatic carbocycles. The second-order valence-electron chi connectivity index (χ2n) is 12.2. The molecule has 282 valence electrons. The molecule has 0 atom stereocenters. The van der Waals surface area contributed by atoms with Crippen LogP contribution in [0.4, 0.5) is 0 Å². The number of aromatic nitrogens is 4. The molecule has 6 rings (SSSR count). The molecule has 0 bridgehead atoms. The lowest BCUT2D eigenvalue weighted by Gasteiger charge is -2.17. The standard InChI is InChI=1S/C38H38Cl2N6O8/c1-21-23(19-51-37-31(39)11-25(35(43-37)49-3)15-41-17-27-13-33(47)45-53-27)7-5-9-29(21)30-10-6-8-24(22(30)2)20-52-38-32(40)12-26(36(44-38)50-4)16-42-18-28-14-34(48)46-54-28/h5-14,41-42H,15-20H2,1-4H3,(H,45,47)(H,46,48). The van der Waals surface area contributed by atoms with Crippen molar-refractivity contribution >= 4 is 23.2 Å². The lowest BCUT2D eigenvalue weighted by Crippen LogP contribution is -2.14. The molecule has 0 saturated heterocycles. The molecule has 14 nitrogen and oxygen atoms in total. The number of aromatic hydroxyl groups is 2. The lowest BCUT2D eigenvalue weighted by molar-refractivity contribution is 0.285. The Morgan fingerprint density at radius 2 is 1.02 bits per heavy atom. The molecule has 0 amide bonds. The average Bonchev–Trinajstić information content (AvgIpc) is 3.78. The van der Waals surface area contributed by atoms with E-state index in [2.05, 4.69) is 56.9 Å². The number of methoxy groups -OCH3 is 2. The van der Waals surface area contributed by atoms with Crippen LogP contribution in [-0.4, -0.2) is 44.7 Å². The van der Waals surface area contributed by atoms with E-state index in [0.29, 0.717) is 59.5 Å². The van der Waals surface area contributed by atoms with Gasteiger partial charge in [0, 0.05) is 36.3 Å². The summed E-state index contributed by atoms with van der Waals surface area (Å²) in [4.78, 5) is 9.04. The zero-order valence-electron chi connectivity index (χ0n) is 29.9. The Bertz CT molecular complexity index is 2070. The van der Waals surface area contributed by atoms with Crippen molar-refractivity contribution in [2.24, 2.45) is 0 Å². The third kappa shape index (κ3) is 9.15. The second-order valence-corrected chi connectivity index (χ2v) is 13.0. The summed E-state index contributed by atoms with van der Waals surface area (Å²) in [6.07, 6.45) is 0. The first-order valence-electron chi connectivity index (χ1n) is 16.7. The van der Waals surface area contributed by atoms with Crippen molar-refractivity contribution < 1.29 is 38.2 Å². The Hall–Kier alpha value is -5.54. The number of benzene rings is 2. The number of halogens is 2. The molecule has 0 unspecified atom stereocenters. The Labute approximate surface area is 320 Å². The van der Waals surface area contributed by atoms with Crippen LogP contribution in [0.15, 0.2) is 69.7 Å². The van der Waals surface area contributed by atoms with E-state index in [4.69, 9.17) is 51.2 Å². The summed E-state index contributed by atoms with van der Waals surface area (Å²) in [5.41, 5.74) is 7.54. The minimum atomic E-state index is -0.177. The number of nitrogens with zero attached hydrogens (tertiary/aromatic N) is 4. The van der Waals surface area contributed by atoms with Crippen LogP contribution in [0.1, 0.15) is 44.9 Å². The maximum Gasteiger partial charge on any atom is 0.251 e. The Morgan fingerprint density at radius 1 is 0.593 bits per heavy atom. The molecule has 54 heavy (non-hydrogen) atoms. The molecular formula is C38H38Cl2N6O8. The first kappa shape index (κ1) is 38.2. The van der Waals surface area contributed by atoms with Gasteiger partial charge in [0.25, 0.3) is 11.8 Å². The van der Waals surface area contributed by atoms with E-state index in [-0.39, 0.29) is 36.7 Å². The van der Waals surface area contributed by atoms with Crippen LogP contribution in [0.2, 0.25) is 10.0 Å². The molecule has 0 radical (unpaired) electrons. The van der Waals surface area contributed by atoms with Gasteiger partial charge in [-0.25, -0.2) is 0 Å². The van der Waals surface area contributed by atoms with Gasteiger partial charge < -0.3 is 48.8 Å². The molecule has 4 heterocycles. The van der Waals surface area contributed by atoms with E-state index in [0.717, 1.165) is 44.5 Å². The zero-order chi connectivity index (χ0) is 38.2. The van der Waals surface area contributed by atoms with Crippen molar-refractivity contribution in [1.82, 2.24) is 30.9 Å². The Balaban J connectivity index is 1.11. The van der Waals surface area contributed by atoms with Gasteiger partial charge in [0.15, 0.2) is 11.5 Å². The molecule has 16 heteroatoms. The predicted octanol–water partition coefficient (Wildman–Crippen LogP) is 7.21. The highest BCUT2D eigenvalue weighted by Gasteiger charge is 2.17. The number of hydrogen-bond donors (Lipinski definition) is 4. The Morgan fingerprint density at radius 3 is 1.39 bits per heavy atom. The average molecular weight is 778 g/mol. The fourth-order valence-electron chi connectivity index (χ4n) is 5.76. The van der Waals surface area contributed by atoms with Crippen LogP contribution >= 0.6 is 23.2 Å². The third-order valence-corrected chi connectivity index (χ3v) is 9.13. The molecule has 4 aromatic heterocycles. The fourth-order valence-corrected chi connectivity index (χ4v) is 6.22. The molecule has 0 aliphatic heterocycles. The van der Waals surface area contributed by atoms with Gasteiger partial charge in [-0.1, -0.05) is 59.6 Å². The van der Waals surface area contributed by atoms with Gasteiger partial charge in [-0.05, 0) is 69.7 Å². The highest BCUT2D eigenvalue weighted by molar-refractivity contribution is 6.32. The van der Waals surface area contributed by atoms with Crippen molar-refractivity contribution in [2.75, 3.05) is 14.2 Å². The van der Waals surface area contributed by atoms with Gasteiger partial charge in [-0.2, -0.15) is 9.97 Å². The summed E-state index contributed by atoms with van der Waals surface area (Å²) in [6.45, 7) is 6.00. The molecule has 6 aromatic rings. The van der Waals surface area contributed by atoms with E-state index in [1.807, 2.05) is 24.3 Å². The van der Waals surface area contributed by atoms with Gasteiger partial charge in [0.05, 0.1) is 27.3 Å². The van der Waals surface area contributed by atoms with E-state index in [1.165, 1.54) is 26.4 Å². The summed E-state index contributed by atoms with van der Waals surface area (Å²) in [5, 5.41) is 32.7. The number of rotatable bonds is 17. The van der Waals surface area contributed by atoms with E-state index >= 15 is 0 Å². The first-order chi connectivity index (χ1) is 26.1. The molecular weight excluding hydrogens is 739 g/mol. The summed E-state index contributed by atoms with van der Waals surface area (Å²) in [5.74, 6) is 1.85. The van der Waals surface area contributed by atoms with E-state index < -0.39 is 0 Å². The third-order valence-electron chi connectivity index (χ3n) is 8.59. The van der Waals surface area contributed by atoms with Crippen molar-refractivity contribution in [1.29, 1.82) is 0 Å². The number of hydrogen-bond acceptors (Lipinski definition) is 14. The van der Waals surface area contributed by atoms with Crippen LogP contribution in [-0.2, 0) is 39.4 Å². The summed E-state index contributed by atoms with van der Waals surface area (Å²) >= 11 is 13.2. The maximum absolute atomic E-state index is 9.37. The van der Waals surface area contributed by atoms with Gasteiger partial charge >= 0.3 is 0 Å². The van der Waals surface area contributed by atoms with Crippen LogP contribution < -0.4 is 29.6 Å². The lowest BCUT2D eigenvalue weighted by atomic mass is 9.92. The molecule has 0 saturated carbocycles. The normalized spacial score (nSPS) is 11.1. The van der Waals surface area contributed by atoms with Crippen molar-refractivity contribution in [3.8, 4) is 46.4 Å². The predicted molar refractivity (Wildman–Crippen MR) is 199 cm³/mol. The minimum Gasteiger partial charge on any atom is -0.491 e. The summed E-state index contributed by atoms with van der Waals surface area (Å²) in [7, 11) is 3.06. The number of nitrogens with one attached hydrogen (secondary N) is 2. The SMILES string of the molecule is COc1nc(OCc2cccc(-c3cccc(COc4nc(OC)c(CNCc5cc(O)no5)cc4Cl)c3C)c2C)c(Cl)cc1CNCc1cc(O)no1. The smallest absolute Gasteiger partial charge is 0.251 e. The van der Waals surface area contributed by atoms with Gasteiger partial charge in [-0.15, -0.1) is 0 Å². The van der Waals surface area contributed by atoms with Crippen molar-refractivity contribution in [3.63, 3.8) is 0 Å². The highest BCUT2D eigenvalue weighted by Crippen LogP contribution is 2.34. The largest absolute Gasteiger partial charge is 0.491 e. The van der Waals surface area contributed by atoms with Crippen LogP contribution in [0.25, 0.3) is 11.1 Å². The molecule has 4 N–H and O–H groups in total. The van der Waals surface area contributed by atoms with E-state index in [1.54, 1.807) is 12.1 Å². The van der Waals surface area contributed by atoms with E-state index in [9.17, 15) is 10.2 Å². The zero-order valence-corrected chi connectivity index (χ0v) is 31.4. The van der Waals surface area contributed by atoms with Crippen molar-refractivity contribution in [3.05, 3.63) is 116 Å². The molecule has 0 spiro atoms. The fraction of sp³-hybridized carbons (Fsp3) is 0.263. The summed E-state index contributed by atoms with van der Waals surface area (Å²) < 4.78 is 33.3. The molecule has 0 aliphatic rings. The number of ether oxygens (including phenoxy) is 4. The maximum atomic E-state index is 9.37. The van der Waals surface area contributed by atoms with Gasteiger partial charge in [0.2, 0.25) is 23.5 Å². The first-order valence-corrected chi connectivity index (χ1v) is 17.5.